The van der Waals surface area contributed by atoms with Crippen LogP contribution in [0.2, 0.25) is 0 Å². The van der Waals surface area contributed by atoms with Gasteiger partial charge in [0, 0.05) is 6.42 Å². The van der Waals surface area contributed by atoms with Gasteiger partial charge in [0.15, 0.2) is 5.75 Å². The van der Waals surface area contributed by atoms with Crippen molar-refractivity contribution in [3.8, 4) is 5.75 Å². The predicted octanol–water partition coefficient (Wildman–Crippen LogP) is 4.72. The molecule has 0 aliphatic carbocycles. The maximum absolute atomic E-state index is 12.4. The normalized spacial score (nSPS) is 11.2. The van der Waals surface area contributed by atoms with E-state index in [0.29, 0.717) is 6.42 Å². The summed E-state index contributed by atoms with van der Waals surface area (Å²) in [5.74, 6) is -0.793. The zero-order valence-electron chi connectivity index (χ0n) is 13.2. The fraction of sp³-hybridized carbons (Fsp3) is 0.278. The Morgan fingerprint density at radius 2 is 1.67 bits per heavy atom. The molecule has 0 aliphatic heterocycles. The van der Waals surface area contributed by atoms with Crippen LogP contribution in [0, 0.1) is 0 Å². The second kappa shape index (κ2) is 7.86. The molecule has 0 heterocycles. The molecule has 0 saturated carbocycles. The Morgan fingerprint density at radius 3 is 2.29 bits per heavy atom. The number of carbonyl (C=O) groups excluding carboxylic acids is 1. The Morgan fingerprint density at radius 1 is 1.04 bits per heavy atom. The Hall–Kier alpha value is -2.50. The summed E-state index contributed by atoms with van der Waals surface area (Å²) in [6.45, 7) is 2.06. The van der Waals surface area contributed by atoms with Gasteiger partial charge in [0.2, 0.25) is 5.91 Å². The standard InChI is InChI=1S/C18H18F3NO2/c1-2-13-7-9-14(10-8-13)11-12-17(23)22-15-5-3-4-6-16(15)24-18(19,20)21/h3-10H,2,11-12H2,1H3,(H,22,23). The number of anilines is 1. The van der Waals surface area contributed by atoms with Crippen molar-refractivity contribution in [2.45, 2.75) is 32.5 Å². The highest BCUT2D eigenvalue weighted by Gasteiger charge is 2.32. The van der Waals surface area contributed by atoms with E-state index in [0.717, 1.165) is 18.1 Å². The first-order valence-corrected chi connectivity index (χ1v) is 7.60. The number of alkyl halides is 3. The van der Waals surface area contributed by atoms with Gasteiger partial charge < -0.3 is 10.1 Å². The average molecular weight is 337 g/mol. The maximum atomic E-state index is 12.4. The average Bonchev–Trinajstić information content (AvgIpc) is 2.54. The van der Waals surface area contributed by atoms with Gasteiger partial charge in [-0.3, -0.25) is 4.79 Å². The van der Waals surface area contributed by atoms with Gasteiger partial charge in [0.25, 0.3) is 0 Å². The van der Waals surface area contributed by atoms with Crippen LogP contribution in [0.15, 0.2) is 48.5 Å². The second-order valence-corrected chi connectivity index (χ2v) is 5.26. The number of nitrogens with one attached hydrogen (secondary N) is 1. The molecule has 6 heteroatoms. The topological polar surface area (TPSA) is 38.3 Å². The van der Waals surface area contributed by atoms with E-state index in [4.69, 9.17) is 0 Å². The zero-order chi connectivity index (χ0) is 17.6. The zero-order valence-corrected chi connectivity index (χ0v) is 13.2. The molecular formula is C18H18F3NO2. The molecular weight excluding hydrogens is 319 g/mol. The smallest absolute Gasteiger partial charge is 0.404 e. The summed E-state index contributed by atoms with van der Waals surface area (Å²) in [6.07, 6.45) is -3.18. The van der Waals surface area contributed by atoms with E-state index in [9.17, 15) is 18.0 Å². The summed E-state index contributed by atoms with van der Waals surface area (Å²) in [6, 6.07) is 13.4. The van der Waals surface area contributed by atoms with E-state index < -0.39 is 12.1 Å². The third kappa shape index (κ3) is 5.61. The van der Waals surface area contributed by atoms with Gasteiger partial charge in [0.05, 0.1) is 5.69 Å². The van der Waals surface area contributed by atoms with Crippen LogP contribution in [0.3, 0.4) is 0 Å². The van der Waals surface area contributed by atoms with Gasteiger partial charge in [0.1, 0.15) is 0 Å². The number of amides is 1. The van der Waals surface area contributed by atoms with Gasteiger partial charge in [-0.05, 0) is 36.1 Å². The Balaban J connectivity index is 1.94. The highest BCUT2D eigenvalue weighted by atomic mass is 19.4. The first kappa shape index (κ1) is 17.8. The van der Waals surface area contributed by atoms with E-state index in [1.54, 1.807) is 0 Å². The summed E-state index contributed by atoms with van der Waals surface area (Å²) in [5.41, 5.74) is 2.21. The number of rotatable bonds is 6. The van der Waals surface area contributed by atoms with Crippen molar-refractivity contribution in [2.75, 3.05) is 5.32 Å². The summed E-state index contributed by atoms with van der Waals surface area (Å²) in [4.78, 5) is 12.0. The number of para-hydroxylation sites is 2. The van der Waals surface area contributed by atoms with Crippen LogP contribution in [-0.4, -0.2) is 12.3 Å². The first-order chi connectivity index (χ1) is 11.4. The molecule has 0 saturated heterocycles. The molecule has 24 heavy (non-hydrogen) atoms. The number of halogens is 3. The van der Waals surface area contributed by atoms with Crippen LogP contribution in [-0.2, 0) is 17.6 Å². The molecule has 0 atom stereocenters. The van der Waals surface area contributed by atoms with Gasteiger partial charge in [-0.1, -0.05) is 43.3 Å². The van der Waals surface area contributed by atoms with Gasteiger partial charge in [-0.25, -0.2) is 0 Å². The van der Waals surface area contributed by atoms with Crippen molar-refractivity contribution in [3.63, 3.8) is 0 Å². The Bertz CT molecular complexity index is 681. The fourth-order valence-electron chi connectivity index (χ4n) is 2.20. The minimum Gasteiger partial charge on any atom is -0.404 e. The molecule has 2 aromatic rings. The molecule has 0 aromatic heterocycles. The molecule has 3 nitrogen and oxygen atoms in total. The Labute approximate surface area is 138 Å². The van der Waals surface area contributed by atoms with Crippen molar-refractivity contribution in [1.29, 1.82) is 0 Å². The SMILES string of the molecule is CCc1ccc(CCC(=O)Nc2ccccc2OC(F)(F)F)cc1. The third-order valence-corrected chi connectivity index (χ3v) is 3.46. The van der Waals surface area contributed by atoms with Gasteiger partial charge in [-0.2, -0.15) is 0 Å². The van der Waals surface area contributed by atoms with Crippen LogP contribution < -0.4 is 10.1 Å². The minimum atomic E-state index is -4.80. The Kier molecular flexibility index (Phi) is 5.84. The molecule has 0 spiro atoms. The lowest BCUT2D eigenvalue weighted by molar-refractivity contribution is -0.274. The van der Waals surface area contributed by atoms with Crippen LogP contribution in [0.4, 0.5) is 18.9 Å². The third-order valence-electron chi connectivity index (χ3n) is 3.46. The lowest BCUT2D eigenvalue weighted by Gasteiger charge is -2.13. The van der Waals surface area contributed by atoms with E-state index in [1.165, 1.54) is 23.8 Å². The fourth-order valence-corrected chi connectivity index (χ4v) is 2.20. The molecule has 2 aromatic carbocycles. The monoisotopic (exact) mass is 337 g/mol. The van der Waals surface area contributed by atoms with Crippen molar-refractivity contribution in [1.82, 2.24) is 0 Å². The molecule has 0 fully saturated rings. The van der Waals surface area contributed by atoms with E-state index in [1.807, 2.05) is 24.3 Å². The molecule has 0 radical (unpaired) electrons. The summed E-state index contributed by atoms with van der Waals surface area (Å²) in [5, 5.41) is 2.46. The number of hydrogen-bond acceptors (Lipinski definition) is 2. The summed E-state index contributed by atoms with van der Waals surface area (Å²) in [7, 11) is 0. The van der Waals surface area contributed by atoms with Crippen LogP contribution >= 0.6 is 0 Å². The number of hydrogen-bond donors (Lipinski definition) is 1. The summed E-state index contributed by atoms with van der Waals surface area (Å²) < 4.78 is 41.0. The largest absolute Gasteiger partial charge is 0.573 e. The second-order valence-electron chi connectivity index (χ2n) is 5.26. The molecule has 0 unspecified atom stereocenters. The summed E-state index contributed by atoms with van der Waals surface area (Å²) >= 11 is 0. The molecule has 1 N–H and O–H groups in total. The molecule has 2 rings (SSSR count). The van der Waals surface area contributed by atoms with Crippen molar-refractivity contribution < 1.29 is 22.7 Å². The molecule has 1 amide bonds. The van der Waals surface area contributed by atoms with Crippen LogP contribution in [0.5, 0.6) is 5.75 Å². The molecule has 0 bridgehead atoms. The van der Waals surface area contributed by atoms with Crippen LogP contribution in [0.1, 0.15) is 24.5 Å². The highest BCUT2D eigenvalue weighted by molar-refractivity contribution is 5.92. The van der Waals surface area contributed by atoms with E-state index >= 15 is 0 Å². The maximum Gasteiger partial charge on any atom is 0.573 e. The van der Waals surface area contributed by atoms with E-state index in [2.05, 4.69) is 17.0 Å². The molecule has 128 valence electrons. The number of ether oxygens (including phenoxy) is 1. The van der Waals surface area contributed by atoms with E-state index in [-0.39, 0.29) is 18.0 Å². The van der Waals surface area contributed by atoms with Crippen molar-refractivity contribution in [3.05, 3.63) is 59.7 Å². The first-order valence-electron chi connectivity index (χ1n) is 7.60. The minimum absolute atomic E-state index is 0.00107. The number of carbonyl (C=O) groups is 1. The van der Waals surface area contributed by atoms with Crippen molar-refractivity contribution >= 4 is 11.6 Å². The lowest BCUT2D eigenvalue weighted by atomic mass is 10.1. The quantitative estimate of drug-likeness (QED) is 0.828. The van der Waals surface area contributed by atoms with Gasteiger partial charge >= 0.3 is 6.36 Å². The number of benzene rings is 2. The lowest BCUT2D eigenvalue weighted by Crippen LogP contribution is -2.19. The molecule has 0 aliphatic rings. The highest BCUT2D eigenvalue weighted by Crippen LogP contribution is 2.30. The van der Waals surface area contributed by atoms with Crippen LogP contribution in [0.25, 0.3) is 0 Å². The van der Waals surface area contributed by atoms with Gasteiger partial charge in [-0.15, -0.1) is 13.2 Å². The predicted molar refractivity (Wildman–Crippen MR) is 85.9 cm³/mol. The number of aryl methyl sites for hydroxylation is 2. The van der Waals surface area contributed by atoms with Crippen molar-refractivity contribution in [2.24, 2.45) is 0 Å².